The van der Waals surface area contributed by atoms with Crippen molar-refractivity contribution in [2.24, 2.45) is 5.92 Å². The molecule has 0 fully saturated rings. The maximum absolute atomic E-state index is 10.8. The number of unbranched alkanes of at least 4 members (excludes halogenated alkanes) is 8. The molecular weight excluding hydrogens is 326 g/mol. The largest absolute Gasteiger partial charge is 1.00 e. The van der Waals surface area contributed by atoms with Crippen LogP contribution in [0.1, 0.15) is 92.3 Å². The minimum absolute atomic E-state index is 0. The summed E-state index contributed by atoms with van der Waals surface area (Å²) in [6.45, 7) is 4.60. The Morgan fingerprint density at radius 3 is 1.73 bits per heavy atom. The van der Waals surface area contributed by atoms with Gasteiger partial charge in [0.2, 0.25) is 0 Å². The summed E-state index contributed by atoms with van der Waals surface area (Å²) < 4.78 is 15.5. The maximum atomic E-state index is 10.8. The normalized spacial score (nSPS) is 12.9. The van der Waals surface area contributed by atoms with E-state index in [1.165, 1.54) is 51.4 Å². The van der Waals surface area contributed by atoms with Gasteiger partial charge in [-0.2, -0.15) is 0 Å². The van der Waals surface area contributed by atoms with E-state index in [1.54, 1.807) is 0 Å². The van der Waals surface area contributed by atoms with Gasteiger partial charge in [0.15, 0.2) is 0 Å². The third kappa shape index (κ3) is 19.8. The van der Waals surface area contributed by atoms with E-state index in [9.17, 15) is 4.57 Å². The average molecular weight is 363 g/mol. The third-order valence-corrected chi connectivity index (χ3v) is 4.40. The molecule has 1 unspecified atom stereocenters. The predicted molar refractivity (Wildman–Crippen MR) is 89.4 cm³/mol. The smallest absolute Gasteiger partial charge is 1.00 e. The fourth-order valence-electron chi connectivity index (χ4n) is 2.59. The fourth-order valence-corrected chi connectivity index (χ4v) is 2.99. The molecule has 0 aromatic rings. The molecule has 0 radical (unpaired) electrons. The zero-order valence-electron chi connectivity index (χ0n) is 15.9. The van der Waals surface area contributed by atoms with Crippen molar-refractivity contribution in [3.05, 3.63) is 0 Å². The van der Waals surface area contributed by atoms with Gasteiger partial charge >= 0.3 is 59.2 Å². The van der Waals surface area contributed by atoms with Crippen molar-refractivity contribution >= 4 is 7.82 Å². The van der Waals surface area contributed by atoms with Crippen LogP contribution in [-0.4, -0.2) is 16.4 Å². The Labute approximate surface area is 181 Å². The van der Waals surface area contributed by atoms with Gasteiger partial charge in [-0.15, -0.1) is 0 Å². The molecule has 0 aliphatic rings. The Kier molecular flexibility index (Phi) is 20.7. The van der Waals surface area contributed by atoms with Gasteiger partial charge in [0.05, 0.1) is 6.61 Å². The predicted octanol–water partition coefficient (Wildman–Crippen LogP) is 2.55. The Bertz CT molecular complexity index is 277. The molecule has 4 nitrogen and oxygen atoms in total. The quantitative estimate of drug-likeness (QED) is 0.267. The summed E-state index contributed by atoms with van der Waals surface area (Å²) in [5.74, 6) is 0.292. The molecular formula is C16H36KO4P. The van der Waals surface area contributed by atoms with E-state index in [0.29, 0.717) is 5.92 Å². The van der Waals surface area contributed by atoms with E-state index in [2.05, 4.69) is 13.8 Å². The van der Waals surface area contributed by atoms with Crippen molar-refractivity contribution < 1.29 is 71.7 Å². The van der Waals surface area contributed by atoms with Crippen molar-refractivity contribution in [1.29, 1.82) is 0 Å². The fraction of sp³-hybridized carbons (Fsp3) is 1.00. The standard InChI is InChI=1S/C16H35O4P.K.H/c1-3-5-7-9-10-12-14-16(13-11-8-6-4-2)15-20-21(17,18)19;;/h16H,3-15H2,1-2H3,(H2,17,18,19);;/q;+1;-1. The van der Waals surface area contributed by atoms with Crippen LogP contribution in [0.5, 0.6) is 0 Å². The van der Waals surface area contributed by atoms with E-state index in [4.69, 9.17) is 14.3 Å². The summed E-state index contributed by atoms with van der Waals surface area (Å²) in [5.41, 5.74) is 0. The van der Waals surface area contributed by atoms with E-state index in [1.807, 2.05) is 0 Å². The van der Waals surface area contributed by atoms with Crippen LogP contribution in [-0.2, 0) is 9.09 Å². The van der Waals surface area contributed by atoms with Crippen molar-refractivity contribution in [3.63, 3.8) is 0 Å². The van der Waals surface area contributed by atoms with Crippen LogP contribution in [0, 0.1) is 5.92 Å². The van der Waals surface area contributed by atoms with E-state index < -0.39 is 7.82 Å². The van der Waals surface area contributed by atoms with Gasteiger partial charge < -0.3 is 11.2 Å². The second-order valence-electron chi connectivity index (χ2n) is 6.06. The molecule has 130 valence electrons. The summed E-state index contributed by atoms with van der Waals surface area (Å²) in [5, 5.41) is 0. The van der Waals surface area contributed by atoms with E-state index >= 15 is 0 Å². The van der Waals surface area contributed by atoms with E-state index in [-0.39, 0.29) is 59.4 Å². The minimum atomic E-state index is -4.32. The van der Waals surface area contributed by atoms with Gasteiger partial charge in [-0.3, -0.25) is 4.52 Å². The summed E-state index contributed by atoms with van der Waals surface area (Å²) in [6.07, 6.45) is 14.4. The van der Waals surface area contributed by atoms with Crippen molar-refractivity contribution in [1.82, 2.24) is 0 Å². The molecule has 0 aromatic heterocycles. The van der Waals surface area contributed by atoms with Crippen molar-refractivity contribution in [2.75, 3.05) is 6.61 Å². The molecule has 0 aliphatic carbocycles. The number of rotatable bonds is 15. The Balaban J connectivity index is -0.00000200. The first-order valence-electron chi connectivity index (χ1n) is 8.69. The maximum Gasteiger partial charge on any atom is 1.00 e. The Morgan fingerprint density at radius 2 is 1.27 bits per heavy atom. The van der Waals surface area contributed by atoms with Crippen molar-refractivity contribution in [3.8, 4) is 0 Å². The molecule has 0 aromatic carbocycles. The molecule has 1 atom stereocenters. The van der Waals surface area contributed by atoms with Gasteiger partial charge in [-0.05, 0) is 18.8 Å². The van der Waals surface area contributed by atoms with Gasteiger partial charge in [0.25, 0.3) is 0 Å². The number of hydrogen-bond donors (Lipinski definition) is 2. The minimum Gasteiger partial charge on any atom is -1.00 e. The Morgan fingerprint density at radius 1 is 0.864 bits per heavy atom. The van der Waals surface area contributed by atoms with Crippen LogP contribution in [0.4, 0.5) is 0 Å². The van der Waals surface area contributed by atoms with E-state index in [0.717, 1.165) is 25.7 Å². The number of phosphoric ester groups is 1. The molecule has 0 saturated carbocycles. The Hall–Kier alpha value is 1.75. The molecule has 0 heterocycles. The first-order valence-corrected chi connectivity index (χ1v) is 10.2. The van der Waals surface area contributed by atoms with Crippen LogP contribution in [0.2, 0.25) is 0 Å². The topological polar surface area (TPSA) is 66.8 Å². The van der Waals surface area contributed by atoms with Crippen LogP contribution >= 0.6 is 7.82 Å². The van der Waals surface area contributed by atoms with Crippen molar-refractivity contribution in [2.45, 2.75) is 90.9 Å². The number of hydrogen-bond acceptors (Lipinski definition) is 2. The third-order valence-electron chi connectivity index (χ3n) is 3.91. The number of phosphoric acid groups is 1. The summed E-state index contributed by atoms with van der Waals surface area (Å²) in [4.78, 5) is 17.7. The van der Waals surface area contributed by atoms with Crippen LogP contribution < -0.4 is 51.4 Å². The first-order chi connectivity index (χ1) is 9.99. The second kappa shape index (κ2) is 17.6. The molecule has 0 aliphatic heterocycles. The summed E-state index contributed by atoms with van der Waals surface area (Å²) >= 11 is 0. The molecule has 22 heavy (non-hydrogen) atoms. The summed E-state index contributed by atoms with van der Waals surface area (Å²) in [6, 6.07) is 0. The zero-order chi connectivity index (χ0) is 16.0. The monoisotopic (exact) mass is 362 g/mol. The zero-order valence-corrected chi connectivity index (χ0v) is 18.9. The molecule has 0 amide bonds. The average Bonchev–Trinajstić information content (AvgIpc) is 2.42. The van der Waals surface area contributed by atoms with Crippen LogP contribution in [0.25, 0.3) is 0 Å². The molecule has 6 heteroatoms. The molecule has 0 bridgehead atoms. The molecule has 0 spiro atoms. The summed E-state index contributed by atoms with van der Waals surface area (Å²) in [7, 11) is -4.32. The van der Waals surface area contributed by atoms with Crippen LogP contribution in [0.3, 0.4) is 0 Å². The van der Waals surface area contributed by atoms with Gasteiger partial charge in [-0.25, -0.2) is 4.57 Å². The van der Waals surface area contributed by atoms with Gasteiger partial charge in [0.1, 0.15) is 0 Å². The molecule has 0 rings (SSSR count). The first kappa shape index (κ1) is 26.0. The second-order valence-corrected chi connectivity index (χ2v) is 7.30. The van der Waals surface area contributed by atoms with Gasteiger partial charge in [-0.1, -0.05) is 78.1 Å². The van der Waals surface area contributed by atoms with Crippen LogP contribution in [0.15, 0.2) is 0 Å². The molecule has 0 saturated heterocycles. The van der Waals surface area contributed by atoms with Gasteiger partial charge in [0, 0.05) is 0 Å². The SMILES string of the molecule is CCCCCCCCC(CCCCCC)COP(=O)(O)O.[H-].[K+]. The molecule has 2 N–H and O–H groups in total.